The maximum absolute atomic E-state index is 12.0. The minimum Gasteiger partial charge on any atom is -0.443 e. The first-order chi connectivity index (χ1) is 10.4. The Bertz CT molecular complexity index is 638. The van der Waals surface area contributed by atoms with E-state index in [0.29, 0.717) is 5.00 Å². The summed E-state index contributed by atoms with van der Waals surface area (Å²) in [7, 11) is 0. The molecule has 0 aliphatic carbocycles. The number of hydrogen-bond acceptors (Lipinski definition) is 5. The van der Waals surface area contributed by atoms with Gasteiger partial charge in [0, 0.05) is 18.0 Å². The van der Waals surface area contributed by atoms with Gasteiger partial charge < -0.3 is 4.74 Å². The average molecular weight is 319 g/mol. The quantitative estimate of drug-likeness (QED) is 0.872. The molecule has 0 saturated carbocycles. The summed E-state index contributed by atoms with van der Waals surface area (Å²) in [4.78, 5) is 20.6. The Morgan fingerprint density at radius 2 is 2.23 bits per heavy atom. The van der Waals surface area contributed by atoms with Crippen LogP contribution in [0.25, 0.3) is 10.6 Å². The topological polar surface area (TPSA) is 64.1 Å². The van der Waals surface area contributed by atoms with E-state index in [2.05, 4.69) is 22.2 Å². The minimum absolute atomic E-state index is 0.442. The highest BCUT2D eigenvalue weighted by Crippen LogP contribution is 2.31. The van der Waals surface area contributed by atoms with Gasteiger partial charge in [0.15, 0.2) is 0 Å². The second-order valence-electron chi connectivity index (χ2n) is 5.70. The van der Waals surface area contributed by atoms with Gasteiger partial charge in [0.05, 0.1) is 5.69 Å². The average Bonchev–Trinajstić information content (AvgIpc) is 2.80. The standard InChI is InChI=1S/C16H21N3O2S/c1-5-8-16(3,4)21-15(20)19-13-11(2)18-14(22-13)12-7-6-9-17-10-12/h6-7,9-10H,5,8H2,1-4H3,(H,19,20). The summed E-state index contributed by atoms with van der Waals surface area (Å²) in [5, 5.41) is 4.32. The lowest BCUT2D eigenvalue weighted by Crippen LogP contribution is -2.30. The molecular weight excluding hydrogens is 298 g/mol. The monoisotopic (exact) mass is 319 g/mol. The molecule has 1 amide bonds. The Balaban J connectivity index is 2.08. The van der Waals surface area contributed by atoms with Gasteiger partial charge in [-0.2, -0.15) is 0 Å². The van der Waals surface area contributed by atoms with E-state index in [0.717, 1.165) is 29.1 Å². The zero-order valence-electron chi connectivity index (χ0n) is 13.3. The SMILES string of the molecule is CCCC(C)(C)OC(=O)Nc1sc(-c2cccnc2)nc1C. The lowest BCUT2D eigenvalue weighted by Gasteiger charge is -2.24. The third kappa shape index (κ3) is 4.27. The van der Waals surface area contributed by atoms with Gasteiger partial charge in [-0.3, -0.25) is 10.3 Å². The maximum atomic E-state index is 12.0. The molecule has 0 radical (unpaired) electrons. The van der Waals surface area contributed by atoms with Crippen LogP contribution in [0.1, 0.15) is 39.3 Å². The van der Waals surface area contributed by atoms with E-state index >= 15 is 0 Å². The number of carbonyl (C=O) groups is 1. The summed E-state index contributed by atoms with van der Waals surface area (Å²) in [6.45, 7) is 7.76. The van der Waals surface area contributed by atoms with E-state index in [-0.39, 0.29) is 0 Å². The Hall–Kier alpha value is -1.95. The first-order valence-electron chi connectivity index (χ1n) is 7.29. The second kappa shape index (κ2) is 6.87. The third-order valence-corrected chi connectivity index (χ3v) is 4.26. The Labute approximate surface area is 134 Å². The molecular formula is C16H21N3O2S. The molecule has 0 aliphatic rings. The summed E-state index contributed by atoms with van der Waals surface area (Å²) in [6.07, 6.45) is 4.82. The molecule has 22 heavy (non-hydrogen) atoms. The van der Waals surface area contributed by atoms with E-state index in [1.807, 2.05) is 32.9 Å². The molecule has 118 valence electrons. The molecule has 0 bridgehead atoms. The lowest BCUT2D eigenvalue weighted by molar-refractivity contribution is 0.0419. The van der Waals surface area contributed by atoms with Crippen molar-refractivity contribution in [2.24, 2.45) is 0 Å². The van der Waals surface area contributed by atoms with Gasteiger partial charge in [-0.1, -0.05) is 24.7 Å². The first kappa shape index (κ1) is 16.4. The van der Waals surface area contributed by atoms with Crippen molar-refractivity contribution >= 4 is 22.4 Å². The number of pyridine rings is 1. The van der Waals surface area contributed by atoms with Gasteiger partial charge in [-0.15, -0.1) is 0 Å². The smallest absolute Gasteiger partial charge is 0.412 e. The Morgan fingerprint density at radius 3 is 2.86 bits per heavy atom. The fourth-order valence-corrected chi connectivity index (χ4v) is 3.09. The highest BCUT2D eigenvalue weighted by atomic mass is 32.1. The van der Waals surface area contributed by atoms with Crippen molar-refractivity contribution in [3.8, 4) is 10.6 Å². The van der Waals surface area contributed by atoms with Gasteiger partial charge in [0.2, 0.25) is 0 Å². The number of hydrogen-bond donors (Lipinski definition) is 1. The largest absolute Gasteiger partial charge is 0.443 e. The molecule has 2 rings (SSSR count). The number of carbonyl (C=O) groups excluding carboxylic acids is 1. The molecule has 6 heteroatoms. The fraction of sp³-hybridized carbons (Fsp3) is 0.438. The van der Waals surface area contributed by atoms with Crippen LogP contribution in [0.15, 0.2) is 24.5 Å². The van der Waals surface area contributed by atoms with Gasteiger partial charge in [-0.25, -0.2) is 9.78 Å². The number of nitrogens with zero attached hydrogens (tertiary/aromatic N) is 2. The molecule has 0 atom stereocenters. The molecule has 0 spiro atoms. The van der Waals surface area contributed by atoms with Crippen molar-refractivity contribution in [1.29, 1.82) is 0 Å². The van der Waals surface area contributed by atoms with Gasteiger partial charge in [-0.05, 0) is 39.3 Å². The highest BCUT2D eigenvalue weighted by molar-refractivity contribution is 7.19. The van der Waals surface area contributed by atoms with Crippen molar-refractivity contribution in [3.63, 3.8) is 0 Å². The summed E-state index contributed by atoms with van der Waals surface area (Å²) in [5.74, 6) is 0. The molecule has 0 saturated heterocycles. The van der Waals surface area contributed by atoms with Crippen molar-refractivity contribution in [1.82, 2.24) is 9.97 Å². The van der Waals surface area contributed by atoms with E-state index in [4.69, 9.17) is 4.74 Å². The first-order valence-corrected chi connectivity index (χ1v) is 8.11. The van der Waals surface area contributed by atoms with E-state index in [9.17, 15) is 4.79 Å². The fourth-order valence-electron chi connectivity index (χ4n) is 2.15. The Kier molecular flexibility index (Phi) is 5.13. The summed E-state index contributed by atoms with van der Waals surface area (Å²) in [6, 6.07) is 3.80. The van der Waals surface area contributed by atoms with Crippen LogP contribution in [0.3, 0.4) is 0 Å². The number of rotatable bonds is 5. The van der Waals surface area contributed by atoms with Crippen molar-refractivity contribution in [2.75, 3.05) is 5.32 Å². The lowest BCUT2D eigenvalue weighted by atomic mass is 10.0. The normalized spacial score (nSPS) is 11.3. The highest BCUT2D eigenvalue weighted by Gasteiger charge is 2.22. The van der Waals surface area contributed by atoms with Crippen molar-refractivity contribution in [3.05, 3.63) is 30.2 Å². The van der Waals surface area contributed by atoms with Crippen molar-refractivity contribution < 1.29 is 9.53 Å². The summed E-state index contributed by atoms with van der Waals surface area (Å²) < 4.78 is 5.47. The van der Waals surface area contributed by atoms with E-state index in [1.165, 1.54) is 11.3 Å². The van der Waals surface area contributed by atoms with E-state index < -0.39 is 11.7 Å². The zero-order chi connectivity index (χ0) is 16.2. The number of aryl methyl sites for hydroxylation is 1. The second-order valence-corrected chi connectivity index (χ2v) is 6.70. The molecule has 2 aromatic rings. The predicted octanol–water partition coefficient (Wildman–Crippen LogP) is 4.64. The van der Waals surface area contributed by atoms with Crippen LogP contribution in [0.2, 0.25) is 0 Å². The van der Waals surface area contributed by atoms with Crippen LogP contribution in [-0.4, -0.2) is 21.7 Å². The van der Waals surface area contributed by atoms with Gasteiger partial charge >= 0.3 is 6.09 Å². The maximum Gasteiger partial charge on any atom is 0.412 e. The summed E-state index contributed by atoms with van der Waals surface area (Å²) in [5.41, 5.74) is 1.24. The molecule has 5 nitrogen and oxygen atoms in total. The third-order valence-electron chi connectivity index (χ3n) is 3.14. The number of anilines is 1. The molecule has 0 aromatic carbocycles. The van der Waals surface area contributed by atoms with E-state index in [1.54, 1.807) is 12.4 Å². The number of aromatic nitrogens is 2. The van der Waals surface area contributed by atoms with Crippen LogP contribution < -0.4 is 5.32 Å². The van der Waals surface area contributed by atoms with Crippen LogP contribution in [0, 0.1) is 6.92 Å². The van der Waals surface area contributed by atoms with Crippen LogP contribution >= 0.6 is 11.3 Å². The number of ether oxygens (including phenoxy) is 1. The Morgan fingerprint density at radius 1 is 1.45 bits per heavy atom. The summed E-state index contributed by atoms with van der Waals surface area (Å²) >= 11 is 1.42. The zero-order valence-corrected chi connectivity index (χ0v) is 14.2. The number of thiazole rings is 1. The molecule has 1 N–H and O–H groups in total. The molecule has 0 unspecified atom stereocenters. The van der Waals surface area contributed by atoms with Crippen LogP contribution in [0.4, 0.5) is 9.80 Å². The molecule has 2 heterocycles. The molecule has 2 aromatic heterocycles. The van der Waals surface area contributed by atoms with Crippen LogP contribution in [0.5, 0.6) is 0 Å². The predicted molar refractivity (Wildman–Crippen MR) is 89.2 cm³/mol. The van der Waals surface area contributed by atoms with Gasteiger partial charge in [0.1, 0.15) is 15.6 Å². The van der Waals surface area contributed by atoms with Gasteiger partial charge in [0.25, 0.3) is 0 Å². The minimum atomic E-state index is -0.469. The molecule has 0 aliphatic heterocycles. The number of nitrogens with one attached hydrogen (secondary N) is 1. The molecule has 0 fully saturated rings. The van der Waals surface area contributed by atoms with Crippen molar-refractivity contribution in [2.45, 2.75) is 46.1 Å². The number of amides is 1. The van der Waals surface area contributed by atoms with Crippen LogP contribution in [-0.2, 0) is 4.74 Å².